The number of aryl methyl sites for hydroxylation is 1. The lowest BCUT2D eigenvalue weighted by molar-refractivity contribution is 0.1000. The van der Waals surface area contributed by atoms with Crippen LogP contribution in [0.3, 0.4) is 0 Å². The lowest BCUT2D eigenvalue weighted by Gasteiger charge is -1.97. The summed E-state index contributed by atoms with van der Waals surface area (Å²) in [6.07, 6.45) is 0. The first kappa shape index (κ1) is 11.6. The van der Waals surface area contributed by atoms with E-state index in [1.807, 2.05) is 13.8 Å². The average molecular weight is 183 g/mol. The summed E-state index contributed by atoms with van der Waals surface area (Å²) >= 11 is 0. The number of carbonyl (C=O) groups is 1. The van der Waals surface area contributed by atoms with Gasteiger partial charge in [0.1, 0.15) is 5.82 Å². The molecule has 0 atom stereocenters. The molecular formula is C10H14FNO. The topological polar surface area (TPSA) is 43.1 Å². The van der Waals surface area contributed by atoms with Crippen LogP contribution in [0.15, 0.2) is 18.2 Å². The Bertz CT molecular complexity index is 277. The number of benzene rings is 1. The monoisotopic (exact) mass is 183 g/mol. The van der Waals surface area contributed by atoms with Crippen LogP contribution in [0.25, 0.3) is 0 Å². The van der Waals surface area contributed by atoms with E-state index in [1.54, 1.807) is 13.0 Å². The molecule has 1 amide bonds. The minimum absolute atomic E-state index is 0.211. The molecule has 0 saturated heterocycles. The summed E-state index contributed by atoms with van der Waals surface area (Å²) in [5, 5.41) is 0. The summed E-state index contributed by atoms with van der Waals surface area (Å²) in [6, 6.07) is 4.01. The van der Waals surface area contributed by atoms with Crippen LogP contribution < -0.4 is 5.73 Å². The average Bonchev–Trinajstić information content (AvgIpc) is 2.06. The molecular weight excluding hydrogens is 169 g/mol. The van der Waals surface area contributed by atoms with E-state index in [2.05, 4.69) is 0 Å². The van der Waals surface area contributed by atoms with Gasteiger partial charge >= 0.3 is 0 Å². The standard InChI is InChI=1S/C8H8FNO.C2H6/c1-5-2-6(8(10)11)4-7(9)3-5;1-2/h2-4H,1H3,(H2,10,11);1-2H3. The van der Waals surface area contributed by atoms with E-state index in [4.69, 9.17) is 5.73 Å². The Morgan fingerprint density at radius 3 is 2.23 bits per heavy atom. The van der Waals surface area contributed by atoms with Crippen LogP contribution in [0, 0.1) is 12.7 Å². The third-order valence-corrected chi connectivity index (χ3v) is 1.33. The van der Waals surface area contributed by atoms with Crippen molar-refractivity contribution >= 4 is 5.91 Å². The SMILES string of the molecule is CC.Cc1cc(F)cc(C(N)=O)c1. The molecule has 0 unspecified atom stereocenters. The largest absolute Gasteiger partial charge is 0.366 e. The van der Waals surface area contributed by atoms with Gasteiger partial charge in [-0.2, -0.15) is 0 Å². The number of carbonyl (C=O) groups excluding carboxylic acids is 1. The number of primary amides is 1. The van der Waals surface area contributed by atoms with E-state index in [-0.39, 0.29) is 5.56 Å². The second-order valence-electron chi connectivity index (χ2n) is 2.38. The second-order valence-corrected chi connectivity index (χ2v) is 2.38. The van der Waals surface area contributed by atoms with Crippen LogP contribution in [-0.4, -0.2) is 5.91 Å². The Labute approximate surface area is 77.6 Å². The van der Waals surface area contributed by atoms with Crippen LogP contribution in [0.1, 0.15) is 29.8 Å². The predicted molar refractivity (Wildman–Crippen MR) is 51.0 cm³/mol. The Hall–Kier alpha value is -1.38. The first-order valence-electron chi connectivity index (χ1n) is 4.16. The van der Waals surface area contributed by atoms with Gasteiger partial charge in [-0.15, -0.1) is 0 Å². The van der Waals surface area contributed by atoms with Gasteiger partial charge in [0.25, 0.3) is 0 Å². The minimum Gasteiger partial charge on any atom is -0.366 e. The lowest BCUT2D eigenvalue weighted by Crippen LogP contribution is -2.11. The summed E-state index contributed by atoms with van der Waals surface area (Å²) in [4.78, 5) is 10.6. The zero-order chi connectivity index (χ0) is 10.4. The van der Waals surface area contributed by atoms with Crippen molar-refractivity contribution in [1.82, 2.24) is 0 Å². The van der Waals surface area contributed by atoms with E-state index in [0.717, 1.165) is 6.07 Å². The molecule has 1 aromatic carbocycles. The Morgan fingerprint density at radius 2 is 1.85 bits per heavy atom. The van der Waals surface area contributed by atoms with Gasteiger partial charge in [-0.3, -0.25) is 4.79 Å². The molecule has 0 spiro atoms. The molecule has 1 aromatic rings. The van der Waals surface area contributed by atoms with Crippen molar-refractivity contribution in [3.8, 4) is 0 Å². The van der Waals surface area contributed by atoms with Gasteiger partial charge in [0.2, 0.25) is 5.91 Å². The van der Waals surface area contributed by atoms with Gasteiger partial charge < -0.3 is 5.73 Å². The van der Waals surface area contributed by atoms with Gasteiger partial charge in [-0.1, -0.05) is 13.8 Å². The molecule has 0 fully saturated rings. The summed E-state index contributed by atoms with van der Waals surface area (Å²) in [7, 11) is 0. The van der Waals surface area contributed by atoms with Crippen LogP contribution in [0.5, 0.6) is 0 Å². The van der Waals surface area contributed by atoms with Crippen LogP contribution in [0.2, 0.25) is 0 Å². The molecule has 0 aliphatic rings. The summed E-state index contributed by atoms with van der Waals surface area (Å²) < 4.78 is 12.6. The van der Waals surface area contributed by atoms with Gasteiger partial charge in [0, 0.05) is 5.56 Å². The van der Waals surface area contributed by atoms with E-state index >= 15 is 0 Å². The van der Waals surface area contributed by atoms with E-state index in [9.17, 15) is 9.18 Å². The summed E-state index contributed by atoms with van der Waals surface area (Å²) in [5.41, 5.74) is 5.85. The number of nitrogens with two attached hydrogens (primary N) is 1. The molecule has 0 bridgehead atoms. The third-order valence-electron chi connectivity index (χ3n) is 1.33. The molecule has 2 N–H and O–H groups in total. The van der Waals surface area contributed by atoms with Crippen molar-refractivity contribution in [1.29, 1.82) is 0 Å². The summed E-state index contributed by atoms with van der Waals surface area (Å²) in [6.45, 7) is 5.70. The molecule has 0 radical (unpaired) electrons. The van der Waals surface area contributed by atoms with Crippen molar-refractivity contribution in [2.45, 2.75) is 20.8 Å². The molecule has 1 rings (SSSR count). The first-order chi connectivity index (χ1) is 6.09. The van der Waals surface area contributed by atoms with E-state index in [0.29, 0.717) is 5.56 Å². The van der Waals surface area contributed by atoms with Gasteiger partial charge in [-0.25, -0.2) is 4.39 Å². The van der Waals surface area contributed by atoms with Crippen LogP contribution >= 0.6 is 0 Å². The lowest BCUT2D eigenvalue weighted by atomic mass is 10.1. The quantitative estimate of drug-likeness (QED) is 0.713. The normalized spacial score (nSPS) is 8.62. The Kier molecular flexibility index (Phi) is 4.74. The highest BCUT2D eigenvalue weighted by Crippen LogP contribution is 2.06. The molecule has 13 heavy (non-hydrogen) atoms. The smallest absolute Gasteiger partial charge is 0.248 e. The molecule has 0 saturated carbocycles. The maximum Gasteiger partial charge on any atom is 0.248 e. The third kappa shape index (κ3) is 3.69. The molecule has 0 aromatic heterocycles. The van der Waals surface area contributed by atoms with Crippen molar-refractivity contribution in [2.24, 2.45) is 5.73 Å². The zero-order valence-corrected chi connectivity index (χ0v) is 8.10. The van der Waals surface area contributed by atoms with Crippen molar-refractivity contribution in [3.05, 3.63) is 35.1 Å². The Morgan fingerprint density at radius 1 is 1.31 bits per heavy atom. The number of hydrogen-bond donors (Lipinski definition) is 1. The van der Waals surface area contributed by atoms with Gasteiger partial charge in [-0.05, 0) is 30.7 Å². The van der Waals surface area contributed by atoms with Crippen molar-refractivity contribution < 1.29 is 9.18 Å². The highest BCUT2D eigenvalue weighted by molar-refractivity contribution is 5.92. The fourth-order valence-electron chi connectivity index (χ4n) is 0.879. The molecule has 72 valence electrons. The predicted octanol–water partition coefficient (Wildman–Crippen LogP) is 2.26. The Balaban J connectivity index is 0.000000671. The van der Waals surface area contributed by atoms with Crippen LogP contribution in [0.4, 0.5) is 4.39 Å². The number of amides is 1. The van der Waals surface area contributed by atoms with E-state index in [1.165, 1.54) is 6.07 Å². The fourth-order valence-corrected chi connectivity index (χ4v) is 0.879. The van der Waals surface area contributed by atoms with Crippen LogP contribution in [-0.2, 0) is 0 Å². The van der Waals surface area contributed by atoms with E-state index < -0.39 is 11.7 Å². The molecule has 0 heterocycles. The molecule has 0 aliphatic carbocycles. The van der Waals surface area contributed by atoms with Crippen molar-refractivity contribution in [3.63, 3.8) is 0 Å². The molecule has 2 nitrogen and oxygen atoms in total. The van der Waals surface area contributed by atoms with Gasteiger partial charge in [0.15, 0.2) is 0 Å². The number of rotatable bonds is 1. The first-order valence-corrected chi connectivity index (χ1v) is 4.16. The summed E-state index contributed by atoms with van der Waals surface area (Å²) in [5.74, 6) is -1.04. The minimum atomic E-state index is -0.604. The number of hydrogen-bond acceptors (Lipinski definition) is 1. The fraction of sp³-hybridized carbons (Fsp3) is 0.300. The molecule has 3 heteroatoms. The highest BCUT2D eigenvalue weighted by atomic mass is 19.1. The van der Waals surface area contributed by atoms with Gasteiger partial charge in [0.05, 0.1) is 0 Å². The maximum absolute atomic E-state index is 12.6. The maximum atomic E-state index is 12.6. The number of halogens is 1. The molecule has 0 aliphatic heterocycles. The van der Waals surface area contributed by atoms with Crippen molar-refractivity contribution in [2.75, 3.05) is 0 Å². The zero-order valence-electron chi connectivity index (χ0n) is 8.10. The second kappa shape index (κ2) is 5.30. The highest BCUT2D eigenvalue weighted by Gasteiger charge is 2.01.